The van der Waals surface area contributed by atoms with E-state index in [-0.39, 0.29) is 5.69 Å². The lowest BCUT2D eigenvalue weighted by molar-refractivity contribution is 0.252. The SMILES string of the molecule is O=C(NCCSCc1ccccc1)Nc1ccc(F)c(F)c1. The number of halogens is 2. The van der Waals surface area contributed by atoms with Gasteiger partial charge in [0.15, 0.2) is 11.6 Å². The van der Waals surface area contributed by atoms with Gasteiger partial charge in [-0.1, -0.05) is 30.3 Å². The standard InChI is InChI=1S/C16H16F2N2OS/c17-14-7-6-13(10-15(14)18)20-16(21)19-8-9-22-11-12-4-2-1-3-5-12/h1-7,10H,8-9,11H2,(H2,19,20,21). The first-order valence-corrected chi connectivity index (χ1v) is 7.92. The molecule has 0 spiro atoms. The first-order valence-electron chi connectivity index (χ1n) is 6.77. The fourth-order valence-corrected chi connectivity index (χ4v) is 2.57. The molecule has 0 aliphatic heterocycles. The van der Waals surface area contributed by atoms with E-state index in [0.29, 0.717) is 6.54 Å². The number of thioether (sulfide) groups is 1. The van der Waals surface area contributed by atoms with Crippen molar-refractivity contribution in [1.29, 1.82) is 0 Å². The van der Waals surface area contributed by atoms with E-state index in [4.69, 9.17) is 0 Å². The van der Waals surface area contributed by atoms with Crippen molar-refractivity contribution in [2.75, 3.05) is 17.6 Å². The molecule has 2 amide bonds. The van der Waals surface area contributed by atoms with Gasteiger partial charge in [0, 0.05) is 29.8 Å². The molecule has 22 heavy (non-hydrogen) atoms. The monoisotopic (exact) mass is 322 g/mol. The van der Waals surface area contributed by atoms with Crippen molar-refractivity contribution in [2.24, 2.45) is 0 Å². The fraction of sp³-hybridized carbons (Fsp3) is 0.188. The van der Waals surface area contributed by atoms with Crippen LogP contribution in [0.25, 0.3) is 0 Å². The average Bonchev–Trinajstić information content (AvgIpc) is 2.52. The maximum absolute atomic E-state index is 13.0. The second-order valence-electron chi connectivity index (χ2n) is 4.55. The predicted molar refractivity (Wildman–Crippen MR) is 86.0 cm³/mol. The van der Waals surface area contributed by atoms with Crippen molar-refractivity contribution >= 4 is 23.5 Å². The van der Waals surface area contributed by atoms with E-state index in [2.05, 4.69) is 22.8 Å². The summed E-state index contributed by atoms with van der Waals surface area (Å²) in [6.45, 7) is 0.493. The van der Waals surface area contributed by atoms with E-state index in [1.165, 1.54) is 11.6 Å². The predicted octanol–water partition coefficient (Wildman–Crippen LogP) is 4.02. The number of nitrogens with one attached hydrogen (secondary N) is 2. The van der Waals surface area contributed by atoms with Crippen molar-refractivity contribution in [1.82, 2.24) is 5.32 Å². The lowest BCUT2D eigenvalue weighted by Gasteiger charge is -2.08. The van der Waals surface area contributed by atoms with Gasteiger partial charge in [0.05, 0.1) is 0 Å². The Kier molecular flexibility index (Phi) is 6.21. The average molecular weight is 322 g/mol. The second-order valence-corrected chi connectivity index (χ2v) is 5.65. The van der Waals surface area contributed by atoms with E-state index < -0.39 is 17.7 Å². The van der Waals surface area contributed by atoms with E-state index in [1.54, 1.807) is 11.8 Å². The maximum Gasteiger partial charge on any atom is 0.319 e. The minimum atomic E-state index is -0.990. The Balaban J connectivity index is 1.64. The van der Waals surface area contributed by atoms with Gasteiger partial charge in [0.1, 0.15) is 0 Å². The normalized spacial score (nSPS) is 10.3. The van der Waals surface area contributed by atoms with Gasteiger partial charge in [-0.25, -0.2) is 13.6 Å². The van der Waals surface area contributed by atoms with Crippen molar-refractivity contribution in [3.05, 3.63) is 65.7 Å². The van der Waals surface area contributed by atoms with Crippen molar-refractivity contribution in [2.45, 2.75) is 5.75 Å². The fourth-order valence-electron chi connectivity index (χ4n) is 1.75. The van der Waals surface area contributed by atoms with Crippen LogP contribution in [0.2, 0.25) is 0 Å². The molecule has 2 rings (SSSR count). The molecule has 0 aliphatic rings. The lowest BCUT2D eigenvalue weighted by Crippen LogP contribution is -2.30. The summed E-state index contributed by atoms with van der Waals surface area (Å²) in [5, 5.41) is 5.12. The third-order valence-electron chi connectivity index (χ3n) is 2.82. The molecule has 0 saturated heterocycles. The minimum Gasteiger partial charge on any atom is -0.337 e. The van der Waals surface area contributed by atoms with Gasteiger partial charge in [0.2, 0.25) is 0 Å². The summed E-state index contributed by atoms with van der Waals surface area (Å²) in [4.78, 5) is 11.6. The number of hydrogen-bond acceptors (Lipinski definition) is 2. The van der Waals surface area contributed by atoms with E-state index in [9.17, 15) is 13.6 Å². The molecule has 0 heterocycles. The molecule has 6 heteroatoms. The van der Waals surface area contributed by atoms with Crippen LogP contribution in [0, 0.1) is 11.6 Å². The Morgan fingerprint density at radius 3 is 2.55 bits per heavy atom. The van der Waals surface area contributed by atoms with Gasteiger partial charge >= 0.3 is 6.03 Å². The Morgan fingerprint density at radius 2 is 1.82 bits per heavy atom. The Bertz CT molecular complexity index is 623. The van der Waals surface area contributed by atoms with Gasteiger partial charge in [-0.05, 0) is 17.7 Å². The van der Waals surface area contributed by atoms with Crippen LogP contribution in [0.5, 0.6) is 0 Å². The Hall–Kier alpha value is -2.08. The highest BCUT2D eigenvalue weighted by Crippen LogP contribution is 2.13. The maximum atomic E-state index is 13.0. The topological polar surface area (TPSA) is 41.1 Å². The molecule has 0 aromatic heterocycles. The summed E-state index contributed by atoms with van der Waals surface area (Å²) in [5.74, 6) is -0.285. The number of urea groups is 1. The third kappa shape index (κ3) is 5.37. The zero-order valence-corrected chi connectivity index (χ0v) is 12.6. The molecule has 0 saturated carbocycles. The summed E-state index contributed by atoms with van der Waals surface area (Å²) in [6.07, 6.45) is 0. The van der Waals surface area contributed by atoms with E-state index in [0.717, 1.165) is 23.6 Å². The molecule has 0 unspecified atom stereocenters. The summed E-state index contributed by atoms with van der Waals surface area (Å²) in [7, 11) is 0. The smallest absolute Gasteiger partial charge is 0.319 e. The summed E-state index contributed by atoms with van der Waals surface area (Å²) >= 11 is 1.71. The van der Waals surface area contributed by atoms with Crippen LogP contribution in [0.4, 0.5) is 19.3 Å². The van der Waals surface area contributed by atoms with E-state index >= 15 is 0 Å². The highest BCUT2D eigenvalue weighted by molar-refractivity contribution is 7.98. The molecule has 3 nitrogen and oxygen atoms in total. The molecule has 0 fully saturated rings. The summed E-state index contributed by atoms with van der Waals surface area (Å²) in [5.41, 5.74) is 1.45. The van der Waals surface area contributed by atoms with Crippen LogP contribution in [0.15, 0.2) is 48.5 Å². The van der Waals surface area contributed by atoms with Gasteiger partial charge < -0.3 is 10.6 Å². The molecule has 0 radical (unpaired) electrons. The summed E-state index contributed by atoms with van der Waals surface area (Å²) in [6, 6.07) is 12.8. The van der Waals surface area contributed by atoms with Crippen LogP contribution < -0.4 is 10.6 Å². The highest BCUT2D eigenvalue weighted by Gasteiger charge is 2.05. The van der Waals surface area contributed by atoms with Crippen LogP contribution in [0.1, 0.15) is 5.56 Å². The molecular formula is C16H16F2N2OS. The number of amides is 2. The van der Waals surface area contributed by atoms with Gasteiger partial charge in [0.25, 0.3) is 0 Å². The molecular weight excluding hydrogens is 306 g/mol. The van der Waals surface area contributed by atoms with Crippen LogP contribution in [-0.4, -0.2) is 18.3 Å². The first kappa shape index (κ1) is 16.3. The number of anilines is 1. The van der Waals surface area contributed by atoms with Gasteiger partial charge in [-0.2, -0.15) is 11.8 Å². The zero-order chi connectivity index (χ0) is 15.8. The van der Waals surface area contributed by atoms with E-state index in [1.807, 2.05) is 18.2 Å². The molecule has 2 aromatic carbocycles. The molecule has 116 valence electrons. The number of benzene rings is 2. The zero-order valence-electron chi connectivity index (χ0n) is 11.8. The van der Waals surface area contributed by atoms with Crippen LogP contribution in [-0.2, 0) is 5.75 Å². The largest absolute Gasteiger partial charge is 0.337 e. The molecule has 0 bridgehead atoms. The molecule has 0 atom stereocenters. The van der Waals surface area contributed by atoms with Crippen LogP contribution >= 0.6 is 11.8 Å². The number of carbonyl (C=O) groups is 1. The first-order chi connectivity index (χ1) is 10.6. The van der Waals surface area contributed by atoms with Crippen LogP contribution in [0.3, 0.4) is 0 Å². The highest BCUT2D eigenvalue weighted by atomic mass is 32.2. The minimum absolute atomic E-state index is 0.216. The Morgan fingerprint density at radius 1 is 1.05 bits per heavy atom. The summed E-state index contributed by atoms with van der Waals surface area (Å²) < 4.78 is 25.8. The molecule has 0 aliphatic carbocycles. The third-order valence-corrected chi connectivity index (χ3v) is 3.85. The van der Waals surface area contributed by atoms with Gasteiger partial charge in [-0.3, -0.25) is 0 Å². The lowest BCUT2D eigenvalue weighted by atomic mass is 10.2. The number of hydrogen-bond donors (Lipinski definition) is 2. The quantitative estimate of drug-likeness (QED) is 0.789. The number of rotatable bonds is 6. The molecule has 2 aromatic rings. The van der Waals surface area contributed by atoms with Crippen molar-refractivity contribution < 1.29 is 13.6 Å². The molecule has 2 N–H and O–H groups in total. The second kappa shape index (κ2) is 8.38. The van der Waals surface area contributed by atoms with Crippen molar-refractivity contribution in [3.63, 3.8) is 0 Å². The van der Waals surface area contributed by atoms with Gasteiger partial charge in [-0.15, -0.1) is 0 Å². The number of carbonyl (C=O) groups excluding carboxylic acids is 1. The Labute approximate surface area is 132 Å². The van der Waals surface area contributed by atoms with Crippen molar-refractivity contribution in [3.8, 4) is 0 Å².